The molecule has 11 nitrogen and oxygen atoms in total. The van der Waals surface area contributed by atoms with E-state index >= 15 is 0 Å². The molecule has 4 heterocycles. The number of pyridine rings is 4. The van der Waals surface area contributed by atoms with Gasteiger partial charge in [-0.1, -0.05) is 121 Å². The van der Waals surface area contributed by atoms with Crippen molar-refractivity contribution in [2.75, 3.05) is 0 Å². The van der Waals surface area contributed by atoms with Crippen molar-refractivity contribution >= 4 is 7.32 Å². The van der Waals surface area contributed by atoms with E-state index in [0.717, 1.165) is 22.8 Å². The van der Waals surface area contributed by atoms with Gasteiger partial charge in [-0.3, -0.25) is 26.7 Å². The number of aromatic nitrogens is 4. The van der Waals surface area contributed by atoms with E-state index in [-0.39, 0.29) is 17.0 Å². The maximum absolute atomic E-state index is 8.42. The molecule has 0 bridgehead atoms. The molecule has 0 spiro atoms. The Bertz CT molecular complexity index is 2120. The lowest BCUT2D eigenvalue weighted by Gasteiger charge is -2.35. The molecule has 336 valence electrons. The van der Waals surface area contributed by atoms with E-state index in [1.165, 1.54) is 22.3 Å². The highest BCUT2D eigenvalue weighted by atomic mass is 79.9. The molecular formula is C52H56BBrN4O7. The van der Waals surface area contributed by atoms with Crippen LogP contribution in [-0.4, -0.2) is 7.32 Å². The maximum Gasteiger partial charge on any atom is 0.231 e. The molecule has 0 atom stereocenters. The third kappa shape index (κ3) is 21.8. The summed E-state index contributed by atoms with van der Waals surface area (Å²) in [7, 11) is -2.92. The first-order chi connectivity index (χ1) is 31.2. The zero-order valence-corrected chi connectivity index (χ0v) is 38.8. The van der Waals surface area contributed by atoms with Crippen LogP contribution in [0, 0.1) is 27.7 Å². The lowest BCUT2D eigenvalue weighted by molar-refractivity contribution is -0.899. The molecule has 0 radical (unpaired) electrons. The summed E-state index contributed by atoms with van der Waals surface area (Å²) in [6.07, 6.45) is 7.66. The molecule has 4 aromatic carbocycles. The molecule has 0 aliphatic carbocycles. The summed E-state index contributed by atoms with van der Waals surface area (Å²) >= 11 is 0. The number of benzene rings is 4. The number of rotatable bonds is 12. The highest BCUT2D eigenvalue weighted by Gasteiger charge is 2.08. The van der Waals surface area contributed by atoms with Gasteiger partial charge in [0.25, 0.3) is 0 Å². The van der Waals surface area contributed by atoms with Gasteiger partial charge in [-0.05, 0) is 46.5 Å². The van der Waals surface area contributed by atoms with Gasteiger partial charge in [-0.25, -0.2) is 0 Å². The molecule has 13 heteroatoms. The van der Waals surface area contributed by atoms with Crippen molar-refractivity contribution in [1.82, 2.24) is 0 Å². The standard InChI is InChI=1S/4C13H14NO.BO3.BrH/c4*1-12-7-5-6-10-14(12)15-11-13-8-3-2-4-9-13;2-1(3)4;/h4*2-10H,11H2,1H3;;1H/q4*+1;-3;/p-1. The Morgan fingerprint density at radius 2 is 0.477 bits per heavy atom. The summed E-state index contributed by atoms with van der Waals surface area (Å²) < 4.78 is 7.14. The second-order valence-corrected chi connectivity index (χ2v) is 14.0. The Kier molecular flexibility index (Phi) is 25.0. The monoisotopic (exact) mass is 938 g/mol. The highest BCUT2D eigenvalue weighted by molar-refractivity contribution is 6.24. The van der Waals surface area contributed by atoms with Gasteiger partial charge in [0.2, 0.25) is 47.6 Å². The fraction of sp³-hybridized carbons (Fsp3) is 0.154. The van der Waals surface area contributed by atoms with Crippen molar-refractivity contribution in [2.24, 2.45) is 0 Å². The highest BCUT2D eigenvalue weighted by Crippen LogP contribution is 2.01. The van der Waals surface area contributed by atoms with Crippen LogP contribution in [0.15, 0.2) is 219 Å². The van der Waals surface area contributed by atoms with Gasteiger partial charge < -0.3 is 32.1 Å². The van der Waals surface area contributed by atoms with E-state index in [4.69, 9.17) is 34.4 Å². The Balaban J connectivity index is 0.000000223. The van der Waals surface area contributed by atoms with Crippen LogP contribution in [0.3, 0.4) is 0 Å². The van der Waals surface area contributed by atoms with Gasteiger partial charge >= 0.3 is 0 Å². The smallest absolute Gasteiger partial charge is 0.231 e. The minimum Gasteiger partial charge on any atom is -1.00 e. The number of hydrogen-bond donors (Lipinski definition) is 0. The van der Waals surface area contributed by atoms with Crippen molar-refractivity contribution in [3.63, 3.8) is 0 Å². The van der Waals surface area contributed by atoms with Crippen LogP contribution in [0.25, 0.3) is 0 Å². The van der Waals surface area contributed by atoms with E-state index in [9.17, 15) is 0 Å². The second kappa shape index (κ2) is 31.0. The Morgan fingerprint density at radius 3 is 0.646 bits per heavy atom. The van der Waals surface area contributed by atoms with Crippen LogP contribution in [0.5, 0.6) is 0 Å². The van der Waals surface area contributed by atoms with Crippen LogP contribution >= 0.6 is 0 Å². The van der Waals surface area contributed by atoms with Gasteiger partial charge in [0.05, 0.1) is 0 Å². The molecule has 8 aromatic rings. The quantitative estimate of drug-likeness (QED) is 0.131. The van der Waals surface area contributed by atoms with E-state index < -0.39 is 7.32 Å². The van der Waals surface area contributed by atoms with E-state index in [0.29, 0.717) is 26.4 Å². The predicted octanol–water partition coefficient (Wildman–Crippen LogP) is 0.701. The van der Waals surface area contributed by atoms with Gasteiger partial charge in [-0.2, -0.15) is 0 Å². The molecule has 0 unspecified atom stereocenters. The molecule has 0 N–H and O–H groups in total. The first-order valence-electron chi connectivity index (χ1n) is 20.7. The fourth-order valence-corrected chi connectivity index (χ4v) is 5.51. The van der Waals surface area contributed by atoms with E-state index in [1.807, 2.05) is 198 Å². The van der Waals surface area contributed by atoms with Crippen molar-refractivity contribution < 1.29 is 70.3 Å². The minimum atomic E-state index is -2.92. The van der Waals surface area contributed by atoms with Crippen molar-refractivity contribution in [1.29, 1.82) is 0 Å². The Hall–Kier alpha value is -6.90. The lowest BCUT2D eigenvalue weighted by Crippen LogP contribution is -3.00. The number of hydrogen-bond acceptors (Lipinski definition) is 7. The molecular weight excluding hydrogens is 883 g/mol. The molecule has 4 aromatic heterocycles. The third-order valence-electron chi connectivity index (χ3n) is 8.92. The first kappa shape index (κ1) is 52.4. The summed E-state index contributed by atoms with van der Waals surface area (Å²) in [6.45, 7) is 10.4. The van der Waals surface area contributed by atoms with Crippen LogP contribution < -0.4 is 70.3 Å². The second-order valence-electron chi connectivity index (χ2n) is 14.0. The SMILES string of the molecule is Cc1cccc[n+]1OCc1ccccc1.Cc1cccc[n+]1OCc1ccccc1.Cc1cccc[n+]1OCc1ccccc1.Cc1cccc[n+]1OCc1ccccc1.[Br-].[O-]B([O-])[O-]. The lowest BCUT2D eigenvalue weighted by atomic mass is 10.2. The van der Waals surface area contributed by atoms with Crippen molar-refractivity contribution in [3.05, 3.63) is 264 Å². The molecule has 0 saturated heterocycles. The maximum atomic E-state index is 8.42. The van der Waals surface area contributed by atoms with Gasteiger partial charge in [0.1, 0.15) is 0 Å². The fourth-order valence-electron chi connectivity index (χ4n) is 5.51. The molecule has 65 heavy (non-hydrogen) atoms. The molecule has 0 fully saturated rings. The summed E-state index contributed by atoms with van der Waals surface area (Å²) in [5, 5.41) is 25.2. The average molecular weight is 940 g/mol. The van der Waals surface area contributed by atoms with Crippen molar-refractivity contribution in [2.45, 2.75) is 54.1 Å². The largest absolute Gasteiger partial charge is 1.00 e. The Morgan fingerprint density at radius 1 is 0.308 bits per heavy atom. The number of aryl methyl sites for hydroxylation is 4. The van der Waals surface area contributed by atoms with Crippen LogP contribution in [0.2, 0.25) is 0 Å². The van der Waals surface area contributed by atoms with Gasteiger partial charge in [0.15, 0.2) is 26.4 Å². The zero-order chi connectivity index (χ0) is 45.6. The number of halogens is 1. The van der Waals surface area contributed by atoms with Gasteiger partial charge in [0, 0.05) is 95.1 Å². The topological polar surface area (TPSA) is 122 Å². The van der Waals surface area contributed by atoms with Crippen LogP contribution in [-0.2, 0) is 26.4 Å². The zero-order valence-electron chi connectivity index (χ0n) is 37.2. The molecule has 0 aliphatic heterocycles. The average Bonchev–Trinajstić information content (AvgIpc) is 3.32. The predicted molar refractivity (Wildman–Crippen MR) is 238 cm³/mol. The normalized spacial score (nSPS) is 9.58. The van der Waals surface area contributed by atoms with Crippen LogP contribution in [0.1, 0.15) is 45.0 Å². The molecule has 0 aliphatic rings. The number of nitrogens with zero attached hydrogens (tertiary/aromatic N) is 4. The van der Waals surface area contributed by atoms with Crippen LogP contribution in [0.4, 0.5) is 0 Å². The van der Waals surface area contributed by atoms with Gasteiger partial charge in [-0.15, -0.1) is 0 Å². The third-order valence-corrected chi connectivity index (χ3v) is 8.92. The summed E-state index contributed by atoms with van der Waals surface area (Å²) in [5.41, 5.74) is 9.06. The minimum absolute atomic E-state index is 0. The molecule has 0 amide bonds. The summed E-state index contributed by atoms with van der Waals surface area (Å²) in [6, 6.07) is 64.5. The molecule has 0 saturated carbocycles. The first-order valence-corrected chi connectivity index (χ1v) is 20.7. The molecule has 8 rings (SSSR count). The summed E-state index contributed by atoms with van der Waals surface area (Å²) in [5.74, 6) is 0. The van der Waals surface area contributed by atoms with E-state index in [2.05, 4.69) is 48.5 Å². The Labute approximate surface area is 394 Å². The van der Waals surface area contributed by atoms with E-state index in [1.54, 1.807) is 18.9 Å². The van der Waals surface area contributed by atoms with Crippen molar-refractivity contribution in [3.8, 4) is 0 Å². The summed E-state index contributed by atoms with van der Waals surface area (Å²) in [4.78, 5) is 22.6.